The van der Waals surface area contributed by atoms with E-state index < -0.39 is 5.97 Å². The Morgan fingerprint density at radius 2 is 1.69 bits per heavy atom. The number of ketones is 1. The summed E-state index contributed by atoms with van der Waals surface area (Å²) in [6.07, 6.45) is 3.09. The highest BCUT2D eigenvalue weighted by Crippen LogP contribution is 2.23. The van der Waals surface area contributed by atoms with Crippen LogP contribution in [0.25, 0.3) is 6.08 Å². The summed E-state index contributed by atoms with van der Waals surface area (Å²) < 4.78 is 10.5. The minimum Gasteiger partial charge on any atom is -0.497 e. The Kier molecular flexibility index (Phi) is 6.34. The van der Waals surface area contributed by atoms with Crippen LogP contribution in [0.15, 0.2) is 36.4 Å². The zero-order chi connectivity index (χ0) is 19.3. The first kappa shape index (κ1) is 19.4. The summed E-state index contributed by atoms with van der Waals surface area (Å²) in [5.41, 5.74) is 5.30. The molecule has 0 amide bonds. The molecule has 0 unspecified atom stereocenters. The second-order valence-corrected chi connectivity index (χ2v) is 6.26. The Hall–Kier alpha value is -2.88. The quantitative estimate of drug-likeness (QED) is 0.434. The first-order valence-electron chi connectivity index (χ1n) is 8.43. The van der Waals surface area contributed by atoms with Crippen LogP contribution in [0.4, 0.5) is 0 Å². The van der Waals surface area contributed by atoms with Crippen LogP contribution in [-0.4, -0.2) is 18.9 Å². The van der Waals surface area contributed by atoms with Crippen LogP contribution in [0, 0.1) is 20.8 Å². The smallest absolute Gasteiger partial charge is 0.331 e. The molecule has 0 saturated heterocycles. The number of rotatable bonds is 6. The van der Waals surface area contributed by atoms with Crippen LogP contribution in [0.1, 0.15) is 45.1 Å². The molecule has 0 bridgehead atoms. The van der Waals surface area contributed by atoms with E-state index in [0.29, 0.717) is 5.56 Å². The Bertz CT molecular complexity index is 845. The van der Waals surface area contributed by atoms with E-state index >= 15 is 0 Å². The number of methoxy groups -OCH3 is 1. The van der Waals surface area contributed by atoms with Gasteiger partial charge >= 0.3 is 5.97 Å². The van der Waals surface area contributed by atoms with Crippen LogP contribution >= 0.6 is 0 Å². The van der Waals surface area contributed by atoms with Gasteiger partial charge in [0.2, 0.25) is 0 Å². The van der Waals surface area contributed by atoms with Crippen molar-refractivity contribution in [1.29, 1.82) is 0 Å². The second-order valence-electron chi connectivity index (χ2n) is 6.26. The third-order valence-corrected chi connectivity index (χ3v) is 4.37. The highest BCUT2D eigenvalue weighted by Gasteiger charge is 2.15. The van der Waals surface area contributed by atoms with E-state index in [9.17, 15) is 9.59 Å². The minimum absolute atomic E-state index is 0.0204. The van der Waals surface area contributed by atoms with Crippen LogP contribution < -0.4 is 4.74 Å². The van der Waals surface area contributed by atoms with Crippen molar-refractivity contribution < 1.29 is 19.1 Å². The van der Waals surface area contributed by atoms with Gasteiger partial charge in [-0.05, 0) is 73.7 Å². The van der Waals surface area contributed by atoms with Gasteiger partial charge in [0.1, 0.15) is 12.4 Å². The third kappa shape index (κ3) is 4.60. The summed E-state index contributed by atoms with van der Waals surface area (Å²) in [5.74, 6) is 0.355. The number of ether oxygens (including phenoxy) is 2. The summed E-state index contributed by atoms with van der Waals surface area (Å²) >= 11 is 0. The van der Waals surface area contributed by atoms with Crippen LogP contribution in [0.2, 0.25) is 0 Å². The van der Waals surface area contributed by atoms with Crippen molar-refractivity contribution in [3.05, 3.63) is 69.8 Å². The topological polar surface area (TPSA) is 52.6 Å². The average molecular weight is 352 g/mol. The van der Waals surface area contributed by atoms with E-state index in [1.165, 1.54) is 6.08 Å². The van der Waals surface area contributed by atoms with Crippen LogP contribution in [0.5, 0.6) is 5.75 Å². The molecule has 0 heterocycles. The van der Waals surface area contributed by atoms with Gasteiger partial charge in [0.25, 0.3) is 0 Å². The van der Waals surface area contributed by atoms with E-state index in [-0.39, 0.29) is 12.4 Å². The fourth-order valence-electron chi connectivity index (χ4n) is 3.06. The zero-order valence-electron chi connectivity index (χ0n) is 15.9. The number of Topliss-reactive ketones (excluding diaryl/α,β-unsaturated/α-hetero) is 1. The molecule has 0 N–H and O–H groups in total. The highest BCUT2D eigenvalue weighted by molar-refractivity contribution is 5.97. The van der Waals surface area contributed by atoms with Crippen LogP contribution in [-0.2, 0) is 16.1 Å². The molecule has 0 saturated carbocycles. The molecule has 4 heteroatoms. The van der Waals surface area contributed by atoms with Crippen molar-refractivity contribution in [2.24, 2.45) is 0 Å². The summed E-state index contributed by atoms with van der Waals surface area (Å²) in [4.78, 5) is 23.9. The lowest BCUT2D eigenvalue weighted by molar-refractivity contribution is -0.138. The molecular formula is C22H24O4. The number of carbonyl (C=O) groups is 2. The molecule has 0 aliphatic carbocycles. The highest BCUT2D eigenvalue weighted by atomic mass is 16.5. The number of esters is 1. The van der Waals surface area contributed by atoms with E-state index in [1.807, 2.05) is 51.1 Å². The Balaban J connectivity index is 2.08. The van der Waals surface area contributed by atoms with Gasteiger partial charge in [-0.3, -0.25) is 4.79 Å². The van der Waals surface area contributed by atoms with Gasteiger partial charge in [0.05, 0.1) is 7.11 Å². The summed E-state index contributed by atoms with van der Waals surface area (Å²) in [6, 6.07) is 9.33. The van der Waals surface area contributed by atoms with Crippen molar-refractivity contribution in [2.45, 2.75) is 34.3 Å². The standard InChI is InChI=1S/C22H24O4/c1-14-12-15(2)22(17(4)23)16(3)20(14)13-26-21(24)11-8-18-6-9-19(25-5)10-7-18/h6-12H,13H2,1-5H3/b11-8+. The van der Waals surface area contributed by atoms with Gasteiger partial charge < -0.3 is 9.47 Å². The molecule has 0 radical (unpaired) electrons. The molecule has 0 aromatic heterocycles. The molecule has 2 aromatic carbocycles. The lowest BCUT2D eigenvalue weighted by Gasteiger charge is -2.15. The Labute approximate surface area is 154 Å². The molecule has 2 rings (SSSR count). The predicted molar refractivity (Wildman–Crippen MR) is 102 cm³/mol. The fraction of sp³-hybridized carbons (Fsp3) is 0.273. The van der Waals surface area contributed by atoms with Gasteiger partial charge in [0.15, 0.2) is 5.78 Å². The number of carbonyl (C=O) groups excluding carboxylic acids is 2. The maximum atomic E-state index is 12.0. The van der Waals surface area contributed by atoms with Crippen molar-refractivity contribution in [3.63, 3.8) is 0 Å². The lowest BCUT2D eigenvalue weighted by Crippen LogP contribution is -2.09. The first-order chi connectivity index (χ1) is 12.3. The molecule has 0 aliphatic rings. The maximum absolute atomic E-state index is 12.0. The molecule has 0 aliphatic heterocycles. The SMILES string of the molecule is COc1ccc(/C=C/C(=O)OCc2c(C)cc(C)c(C(C)=O)c2C)cc1. The van der Waals surface area contributed by atoms with Gasteiger partial charge in [-0.25, -0.2) is 4.79 Å². The number of hydrogen-bond donors (Lipinski definition) is 0. The van der Waals surface area contributed by atoms with E-state index in [1.54, 1.807) is 20.1 Å². The van der Waals surface area contributed by atoms with Crippen molar-refractivity contribution >= 4 is 17.8 Å². The minimum atomic E-state index is -0.426. The molecule has 26 heavy (non-hydrogen) atoms. The van der Waals surface area contributed by atoms with Gasteiger partial charge in [-0.2, -0.15) is 0 Å². The predicted octanol–water partition coefficient (Wildman–Crippen LogP) is 4.58. The summed E-state index contributed by atoms with van der Waals surface area (Å²) in [6.45, 7) is 7.47. The number of hydrogen-bond acceptors (Lipinski definition) is 4. The third-order valence-electron chi connectivity index (χ3n) is 4.37. The summed E-state index contributed by atoms with van der Waals surface area (Å²) in [5, 5.41) is 0. The number of aryl methyl sites for hydroxylation is 2. The van der Waals surface area contributed by atoms with Crippen molar-refractivity contribution in [2.75, 3.05) is 7.11 Å². The van der Waals surface area contributed by atoms with Crippen LogP contribution in [0.3, 0.4) is 0 Å². The largest absolute Gasteiger partial charge is 0.497 e. The van der Waals surface area contributed by atoms with Crippen molar-refractivity contribution in [1.82, 2.24) is 0 Å². The molecule has 0 fully saturated rings. The maximum Gasteiger partial charge on any atom is 0.331 e. The molecule has 0 spiro atoms. The Morgan fingerprint density at radius 3 is 2.27 bits per heavy atom. The van der Waals surface area contributed by atoms with Gasteiger partial charge in [-0.15, -0.1) is 0 Å². The zero-order valence-corrected chi connectivity index (χ0v) is 15.9. The monoisotopic (exact) mass is 352 g/mol. The average Bonchev–Trinajstić information content (AvgIpc) is 2.59. The molecular weight excluding hydrogens is 328 g/mol. The molecule has 136 valence electrons. The number of benzene rings is 2. The molecule has 2 aromatic rings. The summed E-state index contributed by atoms with van der Waals surface area (Å²) in [7, 11) is 1.61. The lowest BCUT2D eigenvalue weighted by atomic mass is 9.92. The van der Waals surface area contributed by atoms with E-state index in [0.717, 1.165) is 33.6 Å². The van der Waals surface area contributed by atoms with Gasteiger partial charge in [-0.1, -0.05) is 18.2 Å². The van der Waals surface area contributed by atoms with E-state index in [4.69, 9.17) is 9.47 Å². The normalized spacial score (nSPS) is 10.8. The molecule has 4 nitrogen and oxygen atoms in total. The van der Waals surface area contributed by atoms with Crippen molar-refractivity contribution in [3.8, 4) is 5.75 Å². The molecule has 0 atom stereocenters. The first-order valence-corrected chi connectivity index (χ1v) is 8.43. The van der Waals surface area contributed by atoms with E-state index in [2.05, 4.69) is 0 Å². The fourth-order valence-corrected chi connectivity index (χ4v) is 3.06. The Morgan fingerprint density at radius 1 is 1.04 bits per heavy atom. The van der Waals surface area contributed by atoms with Gasteiger partial charge in [0, 0.05) is 11.6 Å². The second kappa shape index (κ2) is 8.48.